The minimum atomic E-state index is 0.245. The van der Waals surface area contributed by atoms with Crippen molar-refractivity contribution in [3.05, 3.63) is 89.0 Å². The lowest BCUT2D eigenvalue weighted by Gasteiger charge is -2.32. The molecule has 1 saturated heterocycles. The molecule has 6 heteroatoms. The van der Waals surface area contributed by atoms with E-state index >= 15 is 0 Å². The minimum absolute atomic E-state index is 0.245. The summed E-state index contributed by atoms with van der Waals surface area (Å²) in [5.74, 6) is 3.45. The molecule has 3 heterocycles. The Balaban J connectivity index is 0.989. The predicted octanol–water partition coefficient (Wildman–Crippen LogP) is 5.69. The van der Waals surface area contributed by atoms with Crippen molar-refractivity contribution < 1.29 is 19.0 Å². The number of likely N-dealkylation sites (tertiary alicyclic amines) is 1. The van der Waals surface area contributed by atoms with Gasteiger partial charge in [-0.2, -0.15) is 0 Å². The maximum absolute atomic E-state index is 13.1. The number of carbonyl (C=O) groups excluding carboxylic acids is 1. The molecule has 3 aliphatic rings. The van der Waals surface area contributed by atoms with Gasteiger partial charge in [0.1, 0.15) is 12.4 Å². The van der Waals surface area contributed by atoms with Crippen molar-refractivity contribution in [1.82, 2.24) is 9.80 Å². The van der Waals surface area contributed by atoms with E-state index in [-0.39, 0.29) is 5.78 Å². The Labute approximate surface area is 225 Å². The van der Waals surface area contributed by atoms with E-state index in [4.69, 9.17) is 14.2 Å². The highest BCUT2D eigenvalue weighted by molar-refractivity contribution is 5.96. The number of carbonyl (C=O) groups is 1. The third-order valence-corrected chi connectivity index (χ3v) is 8.02. The van der Waals surface area contributed by atoms with E-state index < -0.39 is 0 Å². The molecule has 0 aromatic heterocycles. The van der Waals surface area contributed by atoms with Crippen molar-refractivity contribution in [2.45, 2.75) is 45.3 Å². The Morgan fingerprint density at radius 3 is 2.42 bits per heavy atom. The second kappa shape index (κ2) is 11.6. The van der Waals surface area contributed by atoms with Crippen molar-refractivity contribution in [3.63, 3.8) is 0 Å². The number of hydrogen-bond acceptors (Lipinski definition) is 6. The third kappa shape index (κ3) is 6.03. The van der Waals surface area contributed by atoms with E-state index in [0.29, 0.717) is 25.7 Å². The van der Waals surface area contributed by atoms with Crippen LogP contribution in [0.3, 0.4) is 0 Å². The molecule has 38 heavy (non-hydrogen) atoms. The molecule has 0 unspecified atom stereocenters. The number of ketones is 1. The molecule has 6 rings (SSSR count). The van der Waals surface area contributed by atoms with Gasteiger partial charge in [-0.1, -0.05) is 36.4 Å². The Hall–Kier alpha value is -3.35. The Morgan fingerprint density at radius 1 is 0.763 bits per heavy atom. The molecule has 6 nitrogen and oxygen atoms in total. The molecule has 3 aromatic rings. The van der Waals surface area contributed by atoms with Gasteiger partial charge in [-0.05, 0) is 79.7 Å². The number of Topliss-reactive ketones (excluding diaryl/α,β-unsaturated/α-hetero) is 1. The topological polar surface area (TPSA) is 51.2 Å². The summed E-state index contributed by atoms with van der Waals surface area (Å²) in [5, 5.41) is 0. The van der Waals surface area contributed by atoms with Gasteiger partial charge in [0.25, 0.3) is 0 Å². The number of benzene rings is 3. The molecular formula is C32H36N2O4. The van der Waals surface area contributed by atoms with E-state index in [9.17, 15) is 4.79 Å². The van der Waals surface area contributed by atoms with Gasteiger partial charge >= 0.3 is 0 Å². The van der Waals surface area contributed by atoms with Gasteiger partial charge in [0.2, 0.25) is 6.79 Å². The minimum Gasteiger partial charge on any atom is -0.492 e. The molecule has 0 aliphatic carbocycles. The fourth-order valence-corrected chi connectivity index (χ4v) is 5.81. The summed E-state index contributed by atoms with van der Waals surface area (Å²) in [6.07, 6.45) is 3.86. The highest BCUT2D eigenvalue weighted by Crippen LogP contribution is 2.33. The molecule has 1 fully saturated rings. The molecule has 3 aromatic carbocycles. The molecule has 3 aliphatic heterocycles. The predicted molar refractivity (Wildman–Crippen MR) is 147 cm³/mol. The zero-order valence-electron chi connectivity index (χ0n) is 21.9. The largest absolute Gasteiger partial charge is 0.492 e. The lowest BCUT2D eigenvalue weighted by atomic mass is 9.90. The van der Waals surface area contributed by atoms with Gasteiger partial charge in [-0.3, -0.25) is 14.6 Å². The van der Waals surface area contributed by atoms with Crippen LogP contribution in [0.1, 0.15) is 52.7 Å². The summed E-state index contributed by atoms with van der Waals surface area (Å²) >= 11 is 0. The van der Waals surface area contributed by atoms with Crippen LogP contribution in [0.25, 0.3) is 0 Å². The quantitative estimate of drug-likeness (QED) is 0.362. The zero-order chi connectivity index (χ0) is 25.7. The fraction of sp³-hybridized carbons (Fsp3) is 0.406. The summed E-state index contributed by atoms with van der Waals surface area (Å²) in [5.41, 5.74) is 4.48. The fourth-order valence-electron chi connectivity index (χ4n) is 5.81. The van der Waals surface area contributed by atoms with Crippen LogP contribution >= 0.6 is 0 Å². The number of ether oxygens (including phenoxy) is 3. The molecule has 0 spiro atoms. The molecule has 0 saturated carbocycles. The normalized spacial score (nSPS) is 18.0. The van der Waals surface area contributed by atoms with Crippen LogP contribution in [0.2, 0.25) is 0 Å². The summed E-state index contributed by atoms with van der Waals surface area (Å²) in [7, 11) is 0. The van der Waals surface area contributed by atoms with E-state index in [1.54, 1.807) is 0 Å². The zero-order valence-corrected chi connectivity index (χ0v) is 21.9. The molecular weight excluding hydrogens is 476 g/mol. The van der Waals surface area contributed by atoms with Crippen LogP contribution in [-0.2, 0) is 19.6 Å². The summed E-state index contributed by atoms with van der Waals surface area (Å²) < 4.78 is 17.0. The van der Waals surface area contributed by atoms with Crippen LogP contribution in [-0.4, -0.2) is 48.6 Å². The lowest BCUT2D eigenvalue weighted by molar-refractivity contribution is 0.0961. The number of rotatable bonds is 8. The Kier molecular flexibility index (Phi) is 7.61. The standard InChI is InChI=1S/C32H36N2O4/c35-29(9-6-24-12-14-33(15-13-24)21-26-7-10-31-32(18-26)38-23-37-31)27-8-11-30-28(19-27)22-34(16-17-36-30)20-25-4-2-1-3-5-25/h1-5,7-8,10-11,18-19,24H,6,9,12-17,20-23H2. The molecule has 198 valence electrons. The number of fused-ring (bicyclic) bond motifs is 2. The summed E-state index contributed by atoms with van der Waals surface area (Å²) in [6.45, 7) is 6.61. The lowest BCUT2D eigenvalue weighted by Crippen LogP contribution is -2.33. The maximum Gasteiger partial charge on any atom is 0.231 e. The van der Waals surface area contributed by atoms with Crippen molar-refractivity contribution in [2.75, 3.05) is 33.0 Å². The maximum atomic E-state index is 13.1. The van der Waals surface area contributed by atoms with E-state index in [0.717, 1.165) is 86.9 Å². The van der Waals surface area contributed by atoms with Gasteiger partial charge in [0, 0.05) is 43.7 Å². The highest BCUT2D eigenvalue weighted by Gasteiger charge is 2.22. The van der Waals surface area contributed by atoms with Crippen LogP contribution < -0.4 is 14.2 Å². The summed E-state index contributed by atoms with van der Waals surface area (Å²) in [6, 6.07) is 22.8. The van der Waals surface area contributed by atoms with Gasteiger partial charge < -0.3 is 14.2 Å². The van der Waals surface area contributed by atoms with Crippen molar-refractivity contribution in [3.8, 4) is 17.2 Å². The van der Waals surface area contributed by atoms with Crippen LogP contribution in [0.5, 0.6) is 17.2 Å². The highest BCUT2D eigenvalue weighted by atomic mass is 16.7. The smallest absolute Gasteiger partial charge is 0.231 e. The van der Waals surface area contributed by atoms with Crippen molar-refractivity contribution in [2.24, 2.45) is 5.92 Å². The summed E-state index contributed by atoms with van der Waals surface area (Å²) in [4.78, 5) is 18.0. The average molecular weight is 513 g/mol. The van der Waals surface area contributed by atoms with Gasteiger partial charge in [0.15, 0.2) is 17.3 Å². The number of hydrogen-bond donors (Lipinski definition) is 0. The molecule has 0 amide bonds. The van der Waals surface area contributed by atoms with Crippen LogP contribution in [0, 0.1) is 5.92 Å². The first-order chi connectivity index (χ1) is 18.7. The van der Waals surface area contributed by atoms with Gasteiger partial charge in [0.05, 0.1) is 0 Å². The molecule has 0 bridgehead atoms. The Bertz CT molecular complexity index is 1250. The van der Waals surface area contributed by atoms with E-state index in [1.165, 1.54) is 11.1 Å². The van der Waals surface area contributed by atoms with Crippen LogP contribution in [0.4, 0.5) is 0 Å². The SMILES string of the molecule is O=C(CCC1CCN(Cc2ccc3c(c2)OCO3)CC1)c1ccc2c(c1)CN(Cc1ccccc1)CCO2. The first-order valence-electron chi connectivity index (χ1n) is 13.9. The van der Waals surface area contributed by atoms with Gasteiger partial charge in [-0.25, -0.2) is 0 Å². The van der Waals surface area contributed by atoms with Crippen molar-refractivity contribution >= 4 is 5.78 Å². The molecule has 0 radical (unpaired) electrons. The molecule has 0 N–H and O–H groups in total. The first kappa shape index (κ1) is 25.0. The second-order valence-electron chi connectivity index (χ2n) is 10.7. The molecule has 0 atom stereocenters. The van der Waals surface area contributed by atoms with Crippen molar-refractivity contribution in [1.29, 1.82) is 0 Å². The first-order valence-corrected chi connectivity index (χ1v) is 13.9. The van der Waals surface area contributed by atoms with Crippen LogP contribution in [0.15, 0.2) is 66.7 Å². The van der Waals surface area contributed by atoms with Gasteiger partial charge in [-0.15, -0.1) is 0 Å². The van der Waals surface area contributed by atoms with E-state index in [2.05, 4.69) is 52.3 Å². The monoisotopic (exact) mass is 512 g/mol. The Morgan fingerprint density at radius 2 is 1.55 bits per heavy atom. The second-order valence-corrected chi connectivity index (χ2v) is 10.7. The average Bonchev–Trinajstić information content (AvgIpc) is 3.32. The number of nitrogens with zero attached hydrogens (tertiary/aromatic N) is 2. The number of piperidine rings is 1. The van der Waals surface area contributed by atoms with E-state index in [1.807, 2.05) is 24.3 Å². The third-order valence-electron chi connectivity index (χ3n) is 8.02.